The fraction of sp³-hybridized carbons (Fsp3) is 0.667. The normalized spacial score (nSPS) is 20.0. The van der Waals surface area contributed by atoms with E-state index < -0.39 is 0 Å². The van der Waals surface area contributed by atoms with Crippen molar-refractivity contribution in [1.29, 1.82) is 0 Å². The highest BCUT2D eigenvalue weighted by molar-refractivity contribution is 5.42. The maximum absolute atomic E-state index is 5.14. The van der Waals surface area contributed by atoms with Crippen molar-refractivity contribution in [1.82, 2.24) is 15.3 Å². The highest BCUT2D eigenvalue weighted by atomic mass is 16.5. The second-order valence-electron chi connectivity index (χ2n) is 4.20. The molecule has 2 heterocycles. The number of anilines is 1. The Morgan fingerprint density at radius 1 is 1.53 bits per heavy atom. The summed E-state index contributed by atoms with van der Waals surface area (Å²) in [5, 5.41) is 3.43. The lowest BCUT2D eigenvalue weighted by Gasteiger charge is -2.34. The number of piperidine rings is 1. The van der Waals surface area contributed by atoms with Crippen molar-refractivity contribution in [3.63, 3.8) is 0 Å². The van der Waals surface area contributed by atoms with E-state index in [2.05, 4.69) is 27.1 Å². The van der Waals surface area contributed by atoms with Crippen molar-refractivity contribution in [2.45, 2.75) is 25.8 Å². The summed E-state index contributed by atoms with van der Waals surface area (Å²) in [7, 11) is 1.63. The average molecular weight is 236 g/mol. The van der Waals surface area contributed by atoms with Gasteiger partial charge < -0.3 is 15.0 Å². The van der Waals surface area contributed by atoms with Crippen LogP contribution in [-0.2, 0) is 0 Å². The molecule has 0 bridgehead atoms. The van der Waals surface area contributed by atoms with E-state index >= 15 is 0 Å². The summed E-state index contributed by atoms with van der Waals surface area (Å²) in [5.74, 6) is 1.57. The third-order valence-electron chi connectivity index (χ3n) is 3.18. The zero-order valence-electron chi connectivity index (χ0n) is 10.5. The largest absolute Gasteiger partial charge is 0.481 e. The number of aromatic nitrogens is 2. The number of rotatable bonds is 4. The number of hydrogen-bond donors (Lipinski definition) is 1. The van der Waals surface area contributed by atoms with Crippen LogP contribution >= 0.6 is 0 Å². The first-order chi connectivity index (χ1) is 8.35. The van der Waals surface area contributed by atoms with Crippen LogP contribution in [0.2, 0.25) is 0 Å². The second kappa shape index (κ2) is 5.82. The molecule has 0 amide bonds. The first kappa shape index (κ1) is 12.1. The van der Waals surface area contributed by atoms with Gasteiger partial charge in [0.1, 0.15) is 12.1 Å². The van der Waals surface area contributed by atoms with Crippen LogP contribution in [0.4, 0.5) is 5.82 Å². The molecular weight excluding hydrogens is 216 g/mol. The molecule has 1 aliphatic heterocycles. The zero-order valence-corrected chi connectivity index (χ0v) is 10.5. The Kier molecular flexibility index (Phi) is 4.14. The van der Waals surface area contributed by atoms with Crippen LogP contribution in [-0.4, -0.2) is 42.8 Å². The maximum Gasteiger partial charge on any atom is 0.218 e. The van der Waals surface area contributed by atoms with Gasteiger partial charge in [0.25, 0.3) is 0 Å². The third kappa shape index (κ3) is 2.85. The van der Waals surface area contributed by atoms with Gasteiger partial charge in [0.2, 0.25) is 5.88 Å². The van der Waals surface area contributed by atoms with Crippen molar-refractivity contribution in [2.75, 3.05) is 31.6 Å². The van der Waals surface area contributed by atoms with Crippen LogP contribution in [0.5, 0.6) is 5.88 Å². The number of nitrogens with zero attached hydrogens (tertiary/aromatic N) is 3. The third-order valence-corrected chi connectivity index (χ3v) is 3.18. The lowest BCUT2D eigenvalue weighted by atomic mass is 10.1. The van der Waals surface area contributed by atoms with Gasteiger partial charge in [-0.15, -0.1) is 0 Å². The highest BCUT2D eigenvalue weighted by Crippen LogP contribution is 2.20. The topological polar surface area (TPSA) is 50.3 Å². The van der Waals surface area contributed by atoms with Crippen LogP contribution in [0, 0.1) is 0 Å². The van der Waals surface area contributed by atoms with E-state index in [9.17, 15) is 0 Å². The molecule has 0 aliphatic carbocycles. The van der Waals surface area contributed by atoms with E-state index in [0.29, 0.717) is 11.9 Å². The molecular formula is C12H20N4O. The summed E-state index contributed by atoms with van der Waals surface area (Å²) in [6.07, 6.45) is 4.00. The summed E-state index contributed by atoms with van der Waals surface area (Å²) < 4.78 is 5.14. The van der Waals surface area contributed by atoms with E-state index in [1.807, 2.05) is 6.07 Å². The number of methoxy groups -OCH3 is 1. The van der Waals surface area contributed by atoms with E-state index in [0.717, 1.165) is 25.5 Å². The van der Waals surface area contributed by atoms with E-state index in [1.54, 1.807) is 13.4 Å². The minimum Gasteiger partial charge on any atom is -0.481 e. The Balaban J connectivity index is 2.15. The quantitative estimate of drug-likeness (QED) is 0.847. The Morgan fingerprint density at radius 2 is 2.41 bits per heavy atom. The highest BCUT2D eigenvalue weighted by Gasteiger charge is 2.21. The van der Waals surface area contributed by atoms with E-state index in [4.69, 9.17) is 4.74 Å². The Labute approximate surface area is 102 Å². The predicted molar refractivity (Wildman–Crippen MR) is 67.5 cm³/mol. The summed E-state index contributed by atoms with van der Waals surface area (Å²) >= 11 is 0. The van der Waals surface area contributed by atoms with Crippen molar-refractivity contribution < 1.29 is 4.74 Å². The predicted octanol–water partition coefficient (Wildman–Crippen LogP) is 1.06. The van der Waals surface area contributed by atoms with Gasteiger partial charge >= 0.3 is 0 Å². The number of nitrogens with one attached hydrogen (secondary N) is 1. The molecule has 17 heavy (non-hydrogen) atoms. The summed E-state index contributed by atoms with van der Waals surface area (Å²) in [6.45, 7) is 5.26. The van der Waals surface area contributed by atoms with Gasteiger partial charge in [-0.2, -0.15) is 0 Å². The Bertz CT molecular complexity index is 352. The van der Waals surface area contributed by atoms with Crippen molar-refractivity contribution in [3.8, 4) is 5.88 Å². The van der Waals surface area contributed by atoms with Gasteiger partial charge in [-0.05, 0) is 26.3 Å². The summed E-state index contributed by atoms with van der Waals surface area (Å²) in [4.78, 5) is 10.7. The molecule has 1 saturated heterocycles. The van der Waals surface area contributed by atoms with Crippen LogP contribution < -0.4 is 15.0 Å². The minimum absolute atomic E-state index is 0.522. The van der Waals surface area contributed by atoms with Crippen molar-refractivity contribution >= 4 is 5.82 Å². The number of ether oxygens (including phenoxy) is 1. The molecule has 1 aliphatic rings. The van der Waals surface area contributed by atoms with Gasteiger partial charge in [-0.25, -0.2) is 9.97 Å². The summed E-state index contributed by atoms with van der Waals surface area (Å²) in [6, 6.07) is 2.42. The van der Waals surface area contributed by atoms with E-state index in [-0.39, 0.29) is 0 Å². The zero-order chi connectivity index (χ0) is 12.1. The molecule has 1 atom stereocenters. The maximum atomic E-state index is 5.14. The van der Waals surface area contributed by atoms with Gasteiger partial charge in [0.15, 0.2) is 0 Å². The standard InChI is InChI=1S/C12H20N4O/c1-3-16(10-5-4-6-13-8-10)11-7-12(17-2)15-9-14-11/h7,9-10,13H,3-6,8H2,1-2H3. The van der Waals surface area contributed by atoms with Crippen LogP contribution in [0.3, 0.4) is 0 Å². The van der Waals surface area contributed by atoms with Crippen LogP contribution in [0.15, 0.2) is 12.4 Å². The molecule has 1 fully saturated rings. The SMILES string of the molecule is CCN(c1cc(OC)ncn1)C1CCCNC1. The van der Waals surface area contributed by atoms with Gasteiger partial charge in [0, 0.05) is 25.2 Å². The Morgan fingerprint density at radius 3 is 3.06 bits per heavy atom. The van der Waals surface area contributed by atoms with Crippen molar-refractivity contribution in [3.05, 3.63) is 12.4 Å². The lowest BCUT2D eigenvalue weighted by Crippen LogP contribution is -2.46. The van der Waals surface area contributed by atoms with Gasteiger partial charge in [0.05, 0.1) is 7.11 Å². The Hall–Kier alpha value is -1.36. The number of likely N-dealkylation sites (N-methyl/N-ethyl adjacent to an activating group) is 1. The second-order valence-corrected chi connectivity index (χ2v) is 4.20. The molecule has 5 heteroatoms. The molecule has 1 unspecified atom stereocenters. The van der Waals surface area contributed by atoms with Crippen molar-refractivity contribution in [2.24, 2.45) is 0 Å². The van der Waals surface area contributed by atoms with Gasteiger partial charge in [-0.1, -0.05) is 0 Å². The lowest BCUT2D eigenvalue weighted by molar-refractivity contribution is 0.395. The molecule has 2 rings (SSSR count). The fourth-order valence-electron chi connectivity index (χ4n) is 2.31. The first-order valence-corrected chi connectivity index (χ1v) is 6.18. The smallest absolute Gasteiger partial charge is 0.218 e. The summed E-state index contributed by atoms with van der Waals surface area (Å²) in [5.41, 5.74) is 0. The monoisotopic (exact) mass is 236 g/mol. The molecule has 0 saturated carbocycles. The van der Waals surface area contributed by atoms with E-state index in [1.165, 1.54) is 12.8 Å². The molecule has 1 N–H and O–H groups in total. The van der Waals surface area contributed by atoms with Crippen LogP contribution in [0.1, 0.15) is 19.8 Å². The minimum atomic E-state index is 0.522. The molecule has 0 spiro atoms. The fourth-order valence-corrected chi connectivity index (χ4v) is 2.31. The molecule has 0 radical (unpaired) electrons. The molecule has 0 aromatic carbocycles. The molecule has 94 valence electrons. The molecule has 1 aromatic heterocycles. The van der Waals surface area contributed by atoms with Gasteiger partial charge in [-0.3, -0.25) is 0 Å². The first-order valence-electron chi connectivity index (χ1n) is 6.18. The molecule has 1 aromatic rings. The number of hydrogen-bond acceptors (Lipinski definition) is 5. The average Bonchev–Trinajstić information content (AvgIpc) is 2.41. The van der Waals surface area contributed by atoms with Crippen LogP contribution in [0.25, 0.3) is 0 Å². The molecule has 5 nitrogen and oxygen atoms in total.